The average Bonchev–Trinajstić information content (AvgIpc) is 3.16. The van der Waals surface area contributed by atoms with Crippen molar-refractivity contribution in [3.05, 3.63) is 0 Å². The molecular formula is C17H31N5O3S. The van der Waals surface area contributed by atoms with E-state index in [9.17, 15) is 14.4 Å². The molecule has 26 heavy (non-hydrogen) atoms. The number of fused-ring (bicyclic) bond motifs is 1. The number of nitrogens with one attached hydrogen (secondary N) is 4. The zero-order valence-corrected chi connectivity index (χ0v) is 16.0. The minimum absolute atomic E-state index is 0.0505. The van der Waals surface area contributed by atoms with Crippen LogP contribution in [0.15, 0.2) is 0 Å². The Morgan fingerprint density at radius 1 is 1.15 bits per heavy atom. The van der Waals surface area contributed by atoms with Crippen LogP contribution in [0.25, 0.3) is 0 Å². The maximum atomic E-state index is 11.7. The predicted molar refractivity (Wildman–Crippen MR) is 104 cm³/mol. The first-order valence-corrected chi connectivity index (χ1v) is 10.2. The number of hydrogen-bond acceptors (Lipinski definition) is 5. The summed E-state index contributed by atoms with van der Waals surface area (Å²) < 4.78 is 0. The fourth-order valence-electron chi connectivity index (χ4n) is 3.19. The molecule has 9 heteroatoms. The van der Waals surface area contributed by atoms with Gasteiger partial charge in [0.1, 0.15) is 0 Å². The van der Waals surface area contributed by atoms with Gasteiger partial charge in [0.2, 0.25) is 11.8 Å². The summed E-state index contributed by atoms with van der Waals surface area (Å²) >= 11 is 1.91. The summed E-state index contributed by atoms with van der Waals surface area (Å²) in [6.07, 6.45) is 6.47. The molecule has 0 aromatic heterocycles. The van der Waals surface area contributed by atoms with Crippen molar-refractivity contribution >= 4 is 36.3 Å². The van der Waals surface area contributed by atoms with Crippen molar-refractivity contribution in [3.63, 3.8) is 0 Å². The van der Waals surface area contributed by atoms with E-state index in [1.807, 2.05) is 11.8 Å². The van der Waals surface area contributed by atoms with E-state index in [4.69, 9.17) is 11.1 Å². The van der Waals surface area contributed by atoms with Crippen LogP contribution in [-0.2, 0) is 9.59 Å². The monoisotopic (exact) mass is 385 g/mol. The van der Waals surface area contributed by atoms with Crippen LogP contribution in [0.4, 0.5) is 4.79 Å². The van der Waals surface area contributed by atoms with E-state index in [0.717, 1.165) is 44.3 Å². The van der Waals surface area contributed by atoms with Gasteiger partial charge in [-0.25, -0.2) is 4.79 Å². The fraction of sp³-hybridized carbons (Fsp3) is 0.765. The van der Waals surface area contributed by atoms with Crippen molar-refractivity contribution in [2.75, 3.05) is 12.3 Å². The summed E-state index contributed by atoms with van der Waals surface area (Å²) in [6.45, 7) is 3.16. The van der Waals surface area contributed by atoms with Gasteiger partial charge in [0.15, 0.2) is 0 Å². The van der Waals surface area contributed by atoms with Crippen LogP contribution in [0.2, 0.25) is 0 Å². The molecule has 3 atom stereocenters. The molecule has 148 valence electrons. The Kier molecular flexibility index (Phi) is 10.8. The molecule has 2 aliphatic heterocycles. The molecule has 0 radical (unpaired) electrons. The van der Waals surface area contributed by atoms with E-state index >= 15 is 0 Å². The van der Waals surface area contributed by atoms with Gasteiger partial charge in [0.05, 0.1) is 12.1 Å². The molecule has 2 saturated heterocycles. The van der Waals surface area contributed by atoms with Gasteiger partial charge < -0.3 is 27.1 Å². The van der Waals surface area contributed by atoms with Crippen molar-refractivity contribution in [2.45, 2.75) is 68.7 Å². The first kappa shape index (κ1) is 22.3. The van der Waals surface area contributed by atoms with Gasteiger partial charge in [0, 0.05) is 30.4 Å². The molecule has 0 bridgehead atoms. The molecular weight excluding hydrogens is 354 g/mol. The molecule has 6 N–H and O–H groups in total. The summed E-state index contributed by atoms with van der Waals surface area (Å²) in [5.74, 6) is 0.807. The van der Waals surface area contributed by atoms with Crippen molar-refractivity contribution in [3.8, 4) is 0 Å². The predicted octanol–water partition coefficient (Wildman–Crippen LogP) is 1.14. The zero-order chi connectivity index (χ0) is 19.4. The number of primary amides is 1. The van der Waals surface area contributed by atoms with Gasteiger partial charge in [-0.15, -0.1) is 0 Å². The summed E-state index contributed by atoms with van der Waals surface area (Å²) in [5.41, 5.74) is 5.07. The second-order valence-electron chi connectivity index (χ2n) is 6.49. The van der Waals surface area contributed by atoms with Crippen molar-refractivity contribution < 1.29 is 14.4 Å². The van der Waals surface area contributed by atoms with E-state index in [-0.39, 0.29) is 29.9 Å². The number of rotatable bonds is 11. The van der Waals surface area contributed by atoms with Gasteiger partial charge in [-0.3, -0.25) is 9.59 Å². The zero-order valence-electron chi connectivity index (χ0n) is 15.2. The van der Waals surface area contributed by atoms with E-state index in [1.165, 1.54) is 0 Å². The molecule has 2 fully saturated rings. The van der Waals surface area contributed by atoms with Crippen molar-refractivity contribution in [2.24, 2.45) is 5.73 Å². The van der Waals surface area contributed by atoms with Gasteiger partial charge in [-0.1, -0.05) is 12.8 Å². The molecule has 0 spiro atoms. The molecule has 0 aromatic rings. The maximum absolute atomic E-state index is 11.7. The second kappa shape index (κ2) is 12.6. The van der Waals surface area contributed by atoms with Gasteiger partial charge in [0.25, 0.3) is 0 Å². The van der Waals surface area contributed by atoms with Crippen LogP contribution in [0.3, 0.4) is 0 Å². The molecule has 2 aliphatic rings. The number of carbonyl (C=O) groups excluding carboxylic acids is 3. The highest BCUT2D eigenvalue weighted by molar-refractivity contribution is 8.00. The highest BCUT2D eigenvalue weighted by Gasteiger charge is 2.42. The fourth-order valence-corrected chi connectivity index (χ4v) is 4.73. The Hall–Kier alpha value is -1.77. The number of carbonyl (C=O) groups is 3. The molecule has 0 aliphatic carbocycles. The lowest BCUT2D eigenvalue weighted by Gasteiger charge is -2.16. The lowest BCUT2D eigenvalue weighted by atomic mass is 10.0. The minimum atomic E-state index is -0.265. The Balaban J connectivity index is 0.00000163. The lowest BCUT2D eigenvalue weighted by Crippen LogP contribution is -2.36. The van der Waals surface area contributed by atoms with Crippen LogP contribution >= 0.6 is 11.8 Å². The first-order valence-electron chi connectivity index (χ1n) is 9.15. The molecule has 4 amide bonds. The van der Waals surface area contributed by atoms with Crippen molar-refractivity contribution in [1.82, 2.24) is 16.0 Å². The SMILES string of the molecule is C=N.NC(=O)CCCCCNC(=O)CCCCC1SCC2NC(=O)NC21. The number of thioether (sulfide) groups is 1. The minimum Gasteiger partial charge on any atom is -0.370 e. The Morgan fingerprint density at radius 2 is 1.88 bits per heavy atom. The van der Waals surface area contributed by atoms with Gasteiger partial charge in [-0.05, 0) is 32.4 Å². The third-order valence-corrected chi connectivity index (χ3v) is 6.01. The summed E-state index contributed by atoms with van der Waals surface area (Å²) in [4.78, 5) is 33.6. The number of amides is 4. The van der Waals surface area contributed by atoms with Crippen LogP contribution in [0.5, 0.6) is 0 Å². The molecule has 0 saturated carbocycles. The van der Waals surface area contributed by atoms with Crippen LogP contribution < -0.4 is 21.7 Å². The van der Waals surface area contributed by atoms with Crippen LogP contribution in [0, 0.1) is 5.41 Å². The number of hydrogen-bond donors (Lipinski definition) is 5. The van der Waals surface area contributed by atoms with Crippen molar-refractivity contribution in [1.29, 1.82) is 5.41 Å². The topological polar surface area (TPSA) is 137 Å². The van der Waals surface area contributed by atoms with Crippen LogP contribution in [-0.4, -0.2) is 54.2 Å². The van der Waals surface area contributed by atoms with E-state index in [2.05, 4.69) is 22.7 Å². The standard InChI is InChI=1S/C16H28N4O3S.CH3N/c17-13(21)7-2-1-5-9-18-14(22)8-4-3-6-12-15-11(10-24-12)19-16(23)20-15;1-2/h11-12,15H,1-10H2,(H2,17,21)(H,18,22)(H2,19,20,23);2H,1H2. The summed E-state index contributed by atoms with van der Waals surface area (Å²) in [5, 5.41) is 14.8. The first-order chi connectivity index (χ1) is 12.6. The van der Waals surface area contributed by atoms with Gasteiger partial charge in [-0.2, -0.15) is 11.8 Å². The quantitative estimate of drug-likeness (QED) is 0.207. The Morgan fingerprint density at radius 3 is 2.62 bits per heavy atom. The smallest absolute Gasteiger partial charge is 0.315 e. The molecule has 2 heterocycles. The highest BCUT2D eigenvalue weighted by atomic mass is 32.2. The summed E-state index contributed by atoms with van der Waals surface area (Å²) in [6, 6.07) is 0.465. The largest absolute Gasteiger partial charge is 0.370 e. The second-order valence-corrected chi connectivity index (χ2v) is 7.77. The van der Waals surface area contributed by atoms with E-state index in [0.29, 0.717) is 24.6 Å². The molecule has 8 nitrogen and oxygen atoms in total. The van der Waals surface area contributed by atoms with Gasteiger partial charge >= 0.3 is 6.03 Å². The third-order valence-electron chi connectivity index (χ3n) is 4.50. The molecule has 2 rings (SSSR count). The number of unbranched alkanes of at least 4 members (excludes halogenated alkanes) is 3. The average molecular weight is 386 g/mol. The summed E-state index contributed by atoms with van der Waals surface area (Å²) in [7, 11) is 0. The number of urea groups is 1. The maximum Gasteiger partial charge on any atom is 0.315 e. The number of nitrogens with two attached hydrogens (primary N) is 1. The van der Waals surface area contributed by atoms with Crippen LogP contribution in [0.1, 0.15) is 51.4 Å². The lowest BCUT2D eigenvalue weighted by molar-refractivity contribution is -0.121. The third kappa shape index (κ3) is 8.07. The highest BCUT2D eigenvalue weighted by Crippen LogP contribution is 2.33. The van der Waals surface area contributed by atoms with E-state index in [1.54, 1.807) is 0 Å². The Bertz CT molecular complexity index is 477. The van der Waals surface area contributed by atoms with E-state index < -0.39 is 0 Å². The normalized spacial score (nSPS) is 23.2. The molecule has 3 unspecified atom stereocenters. The Labute approximate surface area is 159 Å². The molecule has 0 aromatic carbocycles.